The first-order chi connectivity index (χ1) is 8.50. The second-order valence-electron chi connectivity index (χ2n) is 5.44. The Labute approximate surface area is 118 Å². The number of benzene rings is 1. The number of rotatable bonds is 2. The SMILES string of the molecule is CC(O)c1ccc(N2CCCC(C)C2C)cc1Br. The zero-order valence-electron chi connectivity index (χ0n) is 11.4. The summed E-state index contributed by atoms with van der Waals surface area (Å²) in [6.45, 7) is 7.56. The van der Waals surface area contributed by atoms with Gasteiger partial charge in [-0.3, -0.25) is 0 Å². The van der Waals surface area contributed by atoms with Crippen molar-refractivity contribution < 1.29 is 5.11 Å². The third-order valence-corrected chi connectivity index (χ3v) is 4.83. The van der Waals surface area contributed by atoms with Crippen molar-refractivity contribution in [1.29, 1.82) is 0 Å². The van der Waals surface area contributed by atoms with Crippen LogP contribution in [0.5, 0.6) is 0 Å². The summed E-state index contributed by atoms with van der Waals surface area (Å²) in [7, 11) is 0. The van der Waals surface area contributed by atoms with Crippen LogP contribution < -0.4 is 4.90 Å². The third-order valence-electron chi connectivity index (χ3n) is 4.14. The molecule has 2 rings (SSSR count). The number of aliphatic hydroxyl groups excluding tert-OH is 1. The lowest BCUT2D eigenvalue weighted by Gasteiger charge is -2.39. The van der Waals surface area contributed by atoms with Gasteiger partial charge >= 0.3 is 0 Å². The molecule has 2 nitrogen and oxygen atoms in total. The molecule has 0 radical (unpaired) electrons. The molecular formula is C15H22BrNO. The molecule has 0 aromatic heterocycles. The van der Waals surface area contributed by atoms with Gasteiger partial charge in [0.15, 0.2) is 0 Å². The summed E-state index contributed by atoms with van der Waals surface area (Å²) in [5.74, 6) is 0.744. The van der Waals surface area contributed by atoms with E-state index in [1.807, 2.05) is 6.07 Å². The zero-order chi connectivity index (χ0) is 13.3. The standard InChI is InChI=1S/C15H22BrNO/c1-10-5-4-8-17(11(10)2)13-6-7-14(12(3)18)15(16)9-13/h6-7,9-12,18H,4-5,8H2,1-3H3. The van der Waals surface area contributed by atoms with Crippen LogP contribution in [0.1, 0.15) is 45.3 Å². The van der Waals surface area contributed by atoms with Crippen LogP contribution in [0.15, 0.2) is 22.7 Å². The molecule has 1 aliphatic heterocycles. The van der Waals surface area contributed by atoms with Gasteiger partial charge in [-0.25, -0.2) is 0 Å². The number of nitrogens with zero attached hydrogens (tertiary/aromatic N) is 1. The van der Waals surface area contributed by atoms with Crippen molar-refractivity contribution >= 4 is 21.6 Å². The molecule has 1 aromatic rings. The number of anilines is 1. The Bertz CT molecular complexity index is 419. The molecule has 0 spiro atoms. The summed E-state index contributed by atoms with van der Waals surface area (Å²) in [5, 5.41) is 9.66. The Kier molecular flexibility index (Phi) is 4.33. The van der Waals surface area contributed by atoms with Crippen molar-refractivity contribution in [1.82, 2.24) is 0 Å². The van der Waals surface area contributed by atoms with Crippen LogP contribution >= 0.6 is 15.9 Å². The lowest BCUT2D eigenvalue weighted by Crippen LogP contribution is -2.42. The molecule has 3 unspecified atom stereocenters. The summed E-state index contributed by atoms with van der Waals surface area (Å²) >= 11 is 3.56. The van der Waals surface area contributed by atoms with Gasteiger partial charge in [-0.1, -0.05) is 28.9 Å². The Morgan fingerprint density at radius 1 is 1.39 bits per heavy atom. The molecule has 100 valence electrons. The summed E-state index contributed by atoms with van der Waals surface area (Å²) < 4.78 is 1.00. The van der Waals surface area contributed by atoms with Crippen molar-refractivity contribution in [2.75, 3.05) is 11.4 Å². The highest BCUT2D eigenvalue weighted by Gasteiger charge is 2.25. The summed E-state index contributed by atoms with van der Waals surface area (Å²) in [4.78, 5) is 2.48. The van der Waals surface area contributed by atoms with Gasteiger partial charge in [-0.2, -0.15) is 0 Å². The van der Waals surface area contributed by atoms with Gasteiger partial charge in [0, 0.05) is 22.7 Å². The molecule has 3 atom stereocenters. The van der Waals surface area contributed by atoms with E-state index in [4.69, 9.17) is 0 Å². The molecule has 0 aliphatic carbocycles. The minimum Gasteiger partial charge on any atom is -0.389 e. The number of piperidine rings is 1. The molecule has 18 heavy (non-hydrogen) atoms. The fourth-order valence-electron chi connectivity index (χ4n) is 2.73. The molecule has 1 fully saturated rings. The van der Waals surface area contributed by atoms with Crippen LogP contribution in [0.4, 0.5) is 5.69 Å². The van der Waals surface area contributed by atoms with Gasteiger partial charge in [0.25, 0.3) is 0 Å². The first-order valence-corrected chi connectivity index (χ1v) is 7.54. The van der Waals surface area contributed by atoms with E-state index in [2.05, 4.69) is 46.8 Å². The first kappa shape index (κ1) is 13.9. The van der Waals surface area contributed by atoms with E-state index in [9.17, 15) is 5.11 Å². The second-order valence-corrected chi connectivity index (χ2v) is 6.29. The number of aliphatic hydroxyl groups is 1. The van der Waals surface area contributed by atoms with E-state index in [1.165, 1.54) is 18.5 Å². The van der Waals surface area contributed by atoms with Crippen LogP contribution in [-0.2, 0) is 0 Å². The molecule has 1 aromatic carbocycles. The van der Waals surface area contributed by atoms with Crippen molar-refractivity contribution in [3.8, 4) is 0 Å². The Morgan fingerprint density at radius 3 is 2.72 bits per heavy atom. The zero-order valence-corrected chi connectivity index (χ0v) is 12.9. The molecular weight excluding hydrogens is 290 g/mol. The fourth-order valence-corrected chi connectivity index (χ4v) is 3.43. The highest BCUT2D eigenvalue weighted by Crippen LogP contribution is 2.32. The van der Waals surface area contributed by atoms with Crippen molar-refractivity contribution in [2.45, 2.75) is 45.8 Å². The number of hydrogen-bond donors (Lipinski definition) is 1. The predicted molar refractivity (Wildman–Crippen MR) is 80.0 cm³/mol. The van der Waals surface area contributed by atoms with Crippen LogP contribution in [0.3, 0.4) is 0 Å². The lowest BCUT2D eigenvalue weighted by atomic mass is 9.91. The molecule has 1 N–H and O–H groups in total. The summed E-state index contributed by atoms with van der Waals surface area (Å²) in [6.07, 6.45) is 2.16. The summed E-state index contributed by atoms with van der Waals surface area (Å²) in [5.41, 5.74) is 2.21. The van der Waals surface area contributed by atoms with Gasteiger partial charge in [0.1, 0.15) is 0 Å². The van der Waals surface area contributed by atoms with Crippen molar-refractivity contribution in [3.05, 3.63) is 28.2 Å². The summed E-state index contributed by atoms with van der Waals surface area (Å²) in [6, 6.07) is 6.87. The van der Waals surface area contributed by atoms with E-state index >= 15 is 0 Å². The van der Waals surface area contributed by atoms with Gasteiger partial charge in [-0.05, 0) is 50.3 Å². The molecule has 0 saturated carbocycles. The van der Waals surface area contributed by atoms with E-state index in [0.29, 0.717) is 6.04 Å². The van der Waals surface area contributed by atoms with Crippen molar-refractivity contribution in [2.24, 2.45) is 5.92 Å². The third kappa shape index (κ3) is 2.72. The molecule has 1 saturated heterocycles. The van der Waals surface area contributed by atoms with Crippen LogP contribution in [0, 0.1) is 5.92 Å². The van der Waals surface area contributed by atoms with E-state index < -0.39 is 6.10 Å². The minimum absolute atomic E-state index is 0.425. The average Bonchev–Trinajstić information content (AvgIpc) is 2.32. The van der Waals surface area contributed by atoms with Gasteiger partial charge in [0.05, 0.1) is 6.10 Å². The Hall–Kier alpha value is -0.540. The second kappa shape index (κ2) is 5.62. The molecule has 3 heteroatoms. The van der Waals surface area contributed by atoms with Crippen LogP contribution in [0.25, 0.3) is 0 Å². The number of halogens is 1. The molecule has 1 aliphatic rings. The average molecular weight is 312 g/mol. The largest absolute Gasteiger partial charge is 0.389 e. The lowest BCUT2D eigenvalue weighted by molar-refractivity contribution is 0.198. The van der Waals surface area contributed by atoms with Gasteiger partial charge in [-0.15, -0.1) is 0 Å². The monoisotopic (exact) mass is 311 g/mol. The van der Waals surface area contributed by atoms with Crippen molar-refractivity contribution in [3.63, 3.8) is 0 Å². The fraction of sp³-hybridized carbons (Fsp3) is 0.600. The molecule has 1 heterocycles. The topological polar surface area (TPSA) is 23.5 Å². The van der Waals surface area contributed by atoms with Crippen LogP contribution in [0.2, 0.25) is 0 Å². The molecule has 0 amide bonds. The highest BCUT2D eigenvalue weighted by atomic mass is 79.9. The first-order valence-electron chi connectivity index (χ1n) is 6.75. The van der Waals surface area contributed by atoms with Gasteiger partial charge < -0.3 is 10.0 Å². The van der Waals surface area contributed by atoms with Crippen LogP contribution in [-0.4, -0.2) is 17.7 Å². The smallest absolute Gasteiger partial charge is 0.0772 e. The number of hydrogen-bond acceptors (Lipinski definition) is 2. The Balaban J connectivity index is 2.26. The highest BCUT2D eigenvalue weighted by molar-refractivity contribution is 9.10. The Morgan fingerprint density at radius 2 is 2.11 bits per heavy atom. The maximum Gasteiger partial charge on any atom is 0.0772 e. The van der Waals surface area contributed by atoms with Gasteiger partial charge in [0.2, 0.25) is 0 Å². The minimum atomic E-state index is -0.425. The maximum atomic E-state index is 9.66. The quantitative estimate of drug-likeness (QED) is 0.887. The van der Waals surface area contributed by atoms with E-state index in [-0.39, 0.29) is 0 Å². The van der Waals surface area contributed by atoms with E-state index in [0.717, 1.165) is 22.5 Å². The molecule has 0 bridgehead atoms. The predicted octanol–water partition coefficient (Wildman–Crippen LogP) is 4.13. The normalized spacial score (nSPS) is 26.2. The maximum absolute atomic E-state index is 9.66. The van der Waals surface area contributed by atoms with E-state index in [1.54, 1.807) is 6.92 Å².